The van der Waals surface area contributed by atoms with Crippen LogP contribution in [0.3, 0.4) is 0 Å². The number of carbonyl (C=O) groups is 1. The molecule has 0 atom stereocenters. The summed E-state index contributed by atoms with van der Waals surface area (Å²) in [7, 11) is 0. The molecule has 0 aromatic heterocycles. The van der Waals surface area contributed by atoms with Gasteiger partial charge in [-0.3, -0.25) is 4.79 Å². The third-order valence-corrected chi connectivity index (χ3v) is 2.06. The Kier molecular flexibility index (Phi) is 1.78. The van der Waals surface area contributed by atoms with Crippen LogP contribution in [0.4, 0.5) is 0 Å². The van der Waals surface area contributed by atoms with Crippen molar-refractivity contribution in [2.45, 2.75) is 31.2 Å². The van der Waals surface area contributed by atoms with Crippen LogP contribution in [0.5, 0.6) is 0 Å². The summed E-state index contributed by atoms with van der Waals surface area (Å²) in [6.45, 7) is 0. The zero-order valence-corrected chi connectivity index (χ0v) is 5.89. The van der Waals surface area contributed by atoms with Crippen LogP contribution in [0, 0.1) is 12.3 Å². The van der Waals surface area contributed by atoms with E-state index in [1.54, 1.807) is 0 Å². The molecule has 0 radical (unpaired) electrons. The van der Waals surface area contributed by atoms with Gasteiger partial charge >= 0.3 is 0 Å². The summed E-state index contributed by atoms with van der Waals surface area (Å²) in [5.74, 6) is 2.34. The van der Waals surface area contributed by atoms with Crippen molar-refractivity contribution in [3.8, 4) is 12.3 Å². The Balaban J connectivity index is 2.49. The summed E-state index contributed by atoms with van der Waals surface area (Å²) in [5.41, 5.74) is 5.14. The monoisotopic (exact) mass is 137 g/mol. The van der Waals surface area contributed by atoms with Gasteiger partial charge in [0.15, 0.2) is 5.78 Å². The normalized spacial score (nSPS) is 20.8. The fourth-order valence-corrected chi connectivity index (χ4v) is 1.11. The summed E-state index contributed by atoms with van der Waals surface area (Å²) in [5, 5.41) is 0. The topological polar surface area (TPSA) is 43.1 Å². The van der Waals surface area contributed by atoms with Gasteiger partial charge in [0, 0.05) is 0 Å². The van der Waals surface area contributed by atoms with E-state index in [1.807, 2.05) is 0 Å². The summed E-state index contributed by atoms with van der Waals surface area (Å²) in [4.78, 5) is 11.1. The van der Waals surface area contributed by atoms with Gasteiger partial charge in [-0.25, -0.2) is 0 Å². The van der Waals surface area contributed by atoms with E-state index in [0.717, 1.165) is 19.3 Å². The quantitative estimate of drug-likeness (QED) is 0.562. The highest BCUT2D eigenvalue weighted by atomic mass is 16.1. The number of Topliss-reactive ketones (excluding diaryl/α,β-unsaturated/α-hetero) is 1. The van der Waals surface area contributed by atoms with E-state index in [4.69, 9.17) is 12.2 Å². The van der Waals surface area contributed by atoms with Crippen molar-refractivity contribution in [1.29, 1.82) is 0 Å². The predicted molar refractivity (Wildman–Crippen MR) is 39.2 cm³/mol. The highest BCUT2D eigenvalue weighted by Crippen LogP contribution is 2.30. The molecule has 0 bridgehead atoms. The fraction of sp³-hybridized carbons (Fsp3) is 0.625. The molecule has 1 aliphatic rings. The molecule has 0 saturated heterocycles. The van der Waals surface area contributed by atoms with Crippen LogP contribution >= 0.6 is 0 Å². The molecule has 2 N–H and O–H groups in total. The van der Waals surface area contributed by atoms with E-state index < -0.39 is 5.54 Å². The van der Waals surface area contributed by atoms with Crippen molar-refractivity contribution < 1.29 is 4.79 Å². The van der Waals surface area contributed by atoms with Gasteiger partial charge in [0.25, 0.3) is 0 Å². The lowest BCUT2D eigenvalue weighted by molar-refractivity contribution is -0.125. The Labute approximate surface area is 60.8 Å². The summed E-state index contributed by atoms with van der Waals surface area (Å²) < 4.78 is 0. The lowest BCUT2D eigenvalue weighted by atomic mass is 9.74. The Morgan fingerprint density at radius 2 is 2.30 bits per heavy atom. The number of ketones is 1. The zero-order chi connectivity index (χ0) is 7.61. The molecular formula is C8H11NO. The Morgan fingerprint density at radius 3 is 2.60 bits per heavy atom. The Morgan fingerprint density at radius 1 is 1.70 bits per heavy atom. The average molecular weight is 137 g/mol. The standard InChI is InChI=1S/C8H11NO/c1-2-4-7(10)8(9)5-3-6-8/h1H,3-6,9H2. The van der Waals surface area contributed by atoms with Crippen LogP contribution in [-0.2, 0) is 4.79 Å². The molecule has 0 heterocycles. The number of hydrogen-bond acceptors (Lipinski definition) is 2. The van der Waals surface area contributed by atoms with E-state index in [1.165, 1.54) is 0 Å². The minimum absolute atomic E-state index is 0.0289. The van der Waals surface area contributed by atoms with Gasteiger partial charge in [0.1, 0.15) is 0 Å². The van der Waals surface area contributed by atoms with Gasteiger partial charge in [0.2, 0.25) is 0 Å². The van der Waals surface area contributed by atoms with Crippen molar-refractivity contribution in [1.82, 2.24) is 0 Å². The molecule has 54 valence electrons. The molecule has 0 unspecified atom stereocenters. The van der Waals surface area contributed by atoms with Gasteiger partial charge in [0.05, 0.1) is 12.0 Å². The second-order valence-electron chi connectivity index (χ2n) is 2.81. The maximum Gasteiger partial charge on any atom is 0.164 e. The van der Waals surface area contributed by atoms with Gasteiger partial charge in [-0.2, -0.15) is 0 Å². The summed E-state index contributed by atoms with van der Waals surface area (Å²) in [6.07, 6.45) is 7.86. The van der Waals surface area contributed by atoms with Crippen LogP contribution in [0.2, 0.25) is 0 Å². The van der Waals surface area contributed by atoms with Crippen molar-refractivity contribution in [2.24, 2.45) is 5.73 Å². The van der Waals surface area contributed by atoms with Crippen LogP contribution in [0.15, 0.2) is 0 Å². The van der Waals surface area contributed by atoms with E-state index in [-0.39, 0.29) is 12.2 Å². The maximum absolute atomic E-state index is 11.1. The van der Waals surface area contributed by atoms with Crippen LogP contribution < -0.4 is 5.73 Å². The Hall–Kier alpha value is -0.810. The predicted octanol–water partition coefficient (Wildman–Crippen LogP) is 0.460. The minimum Gasteiger partial charge on any atom is -0.319 e. The number of rotatable bonds is 2. The summed E-state index contributed by atoms with van der Waals surface area (Å²) in [6, 6.07) is 0. The largest absolute Gasteiger partial charge is 0.319 e. The molecule has 0 aliphatic heterocycles. The molecule has 1 fully saturated rings. The van der Waals surface area contributed by atoms with Gasteiger partial charge in [-0.05, 0) is 19.3 Å². The molecule has 0 aromatic carbocycles. The molecule has 2 nitrogen and oxygen atoms in total. The van der Waals surface area contributed by atoms with Crippen molar-refractivity contribution in [3.63, 3.8) is 0 Å². The third-order valence-electron chi connectivity index (χ3n) is 2.06. The molecule has 0 amide bonds. The highest BCUT2D eigenvalue weighted by Gasteiger charge is 2.38. The van der Waals surface area contributed by atoms with Crippen molar-refractivity contribution in [3.05, 3.63) is 0 Å². The first kappa shape index (κ1) is 7.30. The minimum atomic E-state index is -0.549. The SMILES string of the molecule is C#CCC(=O)C1(N)CCC1. The number of hydrogen-bond donors (Lipinski definition) is 1. The lowest BCUT2D eigenvalue weighted by Gasteiger charge is -2.35. The van der Waals surface area contributed by atoms with E-state index in [2.05, 4.69) is 5.92 Å². The van der Waals surface area contributed by atoms with E-state index in [0.29, 0.717) is 0 Å². The smallest absolute Gasteiger partial charge is 0.164 e. The molecule has 1 saturated carbocycles. The van der Waals surface area contributed by atoms with E-state index in [9.17, 15) is 4.79 Å². The maximum atomic E-state index is 11.1. The van der Waals surface area contributed by atoms with Crippen molar-refractivity contribution >= 4 is 5.78 Å². The molecular weight excluding hydrogens is 126 g/mol. The second kappa shape index (κ2) is 2.43. The second-order valence-corrected chi connectivity index (χ2v) is 2.81. The first-order chi connectivity index (χ1) is 4.69. The number of nitrogens with two attached hydrogens (primary N) is 1. The first-order valence-electron chi connectivity index (χ1n) is 3.45. The number of carbonyl (C=O) groups excluding carboxylic acids is 1. The van der Waals surface area contributed by atoms with Gasteiger partial charge in [-0.1, -0.05) is 5.92 Å². The molecule has 0 aromatic rings. The fourth-order valence-electron chi connectivity index (χ4n) is 1.11. The molecule has 1 rings (SSSR count). The molecule has 0 spiro atoms. The molecule has 2 heteroatoms. The van der Waals surface area contributed by atoms with Crippen LogP contribution in [0.1, 0.15) is 25.7 Å². The number of terminal acetylenes is 1. The third kappa shape index (κ3) is 1.05. The van der Waals surface area contributed by atoms with Crippen LogP contribution in [0.25, 0.3) is 0 Å². The highest BCUT2D eigenvalue weighted by molar-refractivity contribution is 5.90. The van der Waals surface area contributed by atoms with Crippen molar-refractivity contribution in [2.75, 3.05) is 0 Å². The lowest BCUT2D eigenvalue weighted by Crippen LogP contribution is -2.53. The zero-order valence-electron chi connectivity index (χ0n) is 5.89. The van der Waals surface area contributed by atoms with Gasteiger partial charge < -0.3 is 5.73 Å². The average Bonchev–Trinajstić information content (AvgIpc) is 1.83. The Bertz CT molecular complexity index is 186. The first-order valence-corrected chi connectivity index (χ1v) is 3.45. The van der Waals surface area contributed by atoms with Crippen LogP contribution in [-0.4, -0.2) is 11.3 Å². The molecule has 1 aliphatic carbocycles. The summed E-state index contributed by atoms with van der Waals surface area (Å²) >= 11 is 0. The molecule has 10 heavy (non-hydrogen) atoms. The van der Waals surface area contributed by atoms with Gasteiger partial charge in [-0.15, -0.1) is 6.42 Å². The van der Waals surface area contributed by atoms with E-state index >= 15 is 0 Å².